The van der Waals surface area contributed by atoms with Crippen molar-refractivity contribution in [1.29, 1.82) is 0 Å². The molecule has 1 aliphatic carbocycles. The van der Waals surface area contributed by atoms with E-state index >= 15 is 0 Å². The zero-order valence-electron chi connectivity index (χ0n) is 32.9. The third-order valence-electron chi connectivity index (χ3n) is 11.4. The first kappa shape index (κ1) is 39.6. The zero-order valence-corrected chi connectivity index (χ0v) is 34.6. The normalized spacial score (nSPS) is 21.5. The van der Waals surface area contributed by atoms with E-state index in [1.165, 1.54) is 25.6 Å². The number of carbonyl (C=O) groups excluding carboxylic acids is 1. The van der Waals surface area contributed by atoms with Crippen molar-refractivity contribution in [1.82, 2.24) is 19.5 Å². The summed E-state index contributed by atoms with van der Waals surface area (Å²) in [6, 6.07) is 35.2. The van der Waals surface area contributed by atoms with Crippen LogP contribution in [0.25, 0.3) is 11.2 Å². The number of rotatable bonds is 13. The first-order chi connectivity index (χ1) is 29.0. The fourth-order valence-electron chi connectivity index (χ4n) is 8.31. The molecule has 1 amide bonds. The zero-order chi connectivity index (χ0) is 40.2. The molecule has 14 heteroatoms. The van der Waals surface area contributed by atoms with Crippen LogP contribution in [0.4, 0.5) is 5.82 Å². The van der Waals surface area contributed by atoms with Crippen molar-refractivity contribution >= 4 is 41.8 Å². The van der Waals surface area contributed by atoms with Crippen LogP contribution >= 0.6 is 19.0 Å². The summed E-state index contributed by atoms with van der Waals surface area (Å²) in [6.45, 7) is 0.876. The number of hydrogen-bond donors (Lipinski definition) is 1. The van der Waals surface area contributed by atoms with Gasteiger partial charge >= 0.3 is 0 Å². The molecule has 304 valence electrons. The summed E-state index contributed by atoms with van der Waals surface area (Å²) < 4.78 is 40.9. The monoisotopic (exact) mass is 831 g/mol. The van der Waals surface area contributed by atoms with Gasteiger partial charge in [0, 0.05) is 16.7 Å². The Morgan fingerprint density at radius 2 is 1.49 bits per heavy atom. The number of amides is 1. The Hall–Kier alpha value is -4.88. The maximum absolute atomic E-state index is 13.1. The molecule has 4 atom stereocenters. The minimum Gasteiger partial charge on any atom is -0.497 e. The Morgan fingerprint density at radius 3 is 2.15 bits per heavy atom. The molecule has 2 aromatic heterocycles. The van der Waals surface area contributed by atoms with Gasteiger partial charge in [0.2, 0.25) is 7.58 Å². The lowest BCUT2D eigenvalue weighted by Gasteiger charge is -2.37. The van der Waals surface area contributed by atoms with E-state index in [2.05, 4.69) is 32.4 Å². The molecule has 2 aliphatic heterocycles. The van der Waals surface area contributed by atoms with E-state index in [4.69, 9.17) is 28.0 Å². The van der Waals surface area contributed by atoms with Gasteiger partial charge in [-0.05, 0) is 65.9 Å². The number of benzene rings is 4. The molecule has 12 nitrogen and oxygen atoms in total. The van der Waals surface area contributed by atoms with Crippen LogP contribution in [0.1, 0.15) is 71.8 Å². The van der Waals surface area contributed by atoms with Crippen LogP contribution in [0.3, 0.4) is 0 Å². The van der Waals surface area contributed by atoms with E-state index < -0.39 is 25.5 Å². The number of imidazole rings is 1. The number of aromatic nitrogens is 4. The molecule has 4 aromatic carbocycles. The van der Waals surface area contributed by atoms with Gasteiger partial charge in [0.05, 0.1) is 39.9 Å². The first-order valence-electron chi connectivity index (χ1n) is 19.9. The number of anilines is 1. The number of hydrogen-bond acceptors (Lipinski definition) is 11. The largest absolute Gasteiger partial charge is 0.497 e. The van der Waals surface area contributed by atoms with Gasteiger partial charge in [-0.25, -0.2) is 15.0 Å². The Bertz CT molecular complexity index is 2300. The van der Waals surface area contributed by atoms with Gasteiger partial charge in [-0.3, -0.25) is 9.36 Å². The number of ether oxygens (including phenoxy) is 4. The summed E-state index contributed by atoms with van der Waals surface area (Å²) in [5.41, 5.74) is 3.23. The molecular formula is C45H46N5O7PS. The average Bonchev–Trinajstić information content (AvgIpc) is 4.02. The maximum Gasteiger partial charge on any atom is 0.256 e. The molecule has 4 heterocycles. The van der Waals surface area contributed by atoms with Crippen LogP contribution in [0, 0.1) is 0 Å². The average molecular weight is 832 g/mol. The molecule has 59 heavy (non-hydrogen) atoms. The molecule has 1 unspecified atom stereocenters. The quantitative estimate of drug-likeness (QED) is 0.0883. The molecule has 1 saturated carbocycles. The Balaban J connectivity index is 1.05. The summed E-state index contributed by atoms with van der Waals surface area (Å²) in [4.78, 5) is 26.8. The summed E-state index contributed by atoms with van der Waals surface area (Å²) in [6.07, 6.45) is 8.20. The number of carbonyl (C=O) groups is 1. The molecule has 0 radical (unpaired) electrons. The summed E-state index contributed by atoms with van der Waals surface area (Å²) >= 11 is 1.87. The van der Waals surface area contributed by atoms with Crippen molar-refractivity contribution < 1.29 is 32.8 Å². The van der Waals surface area contributed by atoms with Crippen LogP contribution in [0.5, 0.6) is 11.5 Å². The summed E-state index contributed by atoms with van der Waals surface area (Å²) in [7, 11) is 2.09. The minimum atomic E-state index is -1.23. The van der Waals surface area contributed by atoms with E-state index in [-0.39, 0.29) is 23.4 Å². The van der Waals surface area contributed by atoms with E-state index in [0.29, 0.717) is 35.6 Å². The highest BCUT2D eigenvalue weighted by Crippen LogP contribution is 2.68. The highest BCUT2D eigenvalue weighted by Gasteiger charge is 2.48. The summed E-state index contributed by atoms with van der Waals surface area (Å²) in [5, 5.41) is 2.91. The van der Waals surface area contributed by atoms with Gasteiger partial charge in [-0.15, -0.1) is 0 Å². The van der Waals surface area contributed by atoms with E-state index in [1.54, 1.807) is 32.7 Å². The fourth-order valence-corrected chi connectivity index (χ4v) is 12.7. The van der Waals surface area contributed by atoms with Crippen molar-refractivity contribution in [3.8, 4) is 11.5 Å². The van der Waals surface area contributed by atoms with Gasteiger partial charge < -0.3 is 33.3 Å². The molecule has 9 rings (SSSR count). The fraction of sp³-hybridized carbons (Fsp3) is 0.333. The molecule has 2 saturated heterocycles. The Morgan fingerprint density at radius 1 is 0.847 bits per heavy atom. The van der Waals surface area contributed by atoms with Gasteiger partial charge in [0.1, 0.15) is 35.8 Å². The highest BCUT2D eigenvalue weighted by molar-refractivity contribution is 8.53. The van der Waals surface area contributed by atoms with Crippen LogP contribution < -0.4 is 14.8 Å². The number of nitrogens with one attached hydrogen (secondary N) is 1. The Kier molecular flexibility index (Phi) is 11.7. The van der Waals surface area contributed by atoms with Crippen molar-refractivity contribution in [2.24, 2.45) is 0 Å². The van der Waals surface area contributed by atoms with Crippen molar-refractivity contribution in [3.05, 3.63) is 144 Å². The lowest BCUT2D eigenvalue weighted by molar-refractivity contribution is -0.0899. The van der Waals surface area contributed by atoms with Crippen LogP contribution in [-0.2, 0) is 24.1 Å². The van der Waals surface area contributed by atoms with Crippen LogP contribution in [0.15, 0.2) is 122 Å². The third-order valence-corrected chi connectivity index (χ3v) is 15.5. The van der Waals surface area contributed by atoms with Gasteiger partial charge in [-0.1, -0.05) is 103 Å². The lowest BCUT2D eigenvalue weighted by Crippen LogP contribution is -2.38. The van der Waals surface area contributed by atoms with E-state index in [0.717, 1.165) is 41.0 Å². The van der Waals surface area contributed by atoms with Gasteiger partial charge in [-0.2, -0.15) is 0 Å². The van der Waals surface area contributed by atoms with E-state index in [1.807, 2.05) is 101 Å². The van der Waals surface area contributed by atoms with Gasteiger partial charge in [0.15, 0.2) is 17.0 Å². The molecular weight excluding hydrogens is 786 g/mol. The smallest absolute Gasteiger partial charge is 0.256 e. The molecule has 1 N–H and O–H groups in total. The predicted molar refractivity (Wildman–Crippen MR) is 228 cm³/mol. The Labute approximate surface area is 348 Å². The first-order valence-corrected chi connectivity index (χ1v) is 22.5. The number of nitrogens with zero attached hydrogens (tertiary/aromatic N) is 4. The third kappa shape index (κ3) is 8.07. The van der Waals surface area contributed by atoms with Crippen molar-refractivity contribution in [2.45, 2.75) is 67.3 Å². The van der Waals surface area contributed by atoms with Crippen molar-refractivity contribution in [2.75, 3.05) is 32.8 Å². The standard InChI is InChI=1S/C45H46N5O7PS/c1-52-35-20-16-33(17-21-35)45(32-14-8-4-9-15-32,34-18-22-36(53-2)23-19-34)54-27-38-37(57-58-55-28-44(59-58)24-10-5-11-25-44)26-39(56-38)50-30-48-40-41(46-29-47-42(40)50)49-43(51)31-12-6-3-7-13-31/h3-4,6-9,12-23,29-30,37-39H,5,10-11,24-28H2,1-2H3,(H,46,47,49,51)/t37-,38+,39+,58?/m0/s1. The van der Waals surface area contributed by atoms with Crippen LogP contribution in [0.2, 0.25) is 0 Å². The SMILES string of the molecule is COc1ccc(C(OC[C@H]2O[C@@H](n3cnc4c(NC(=O)c5ccccc5)ncnc43)C[C@@H]2OP2OCC3(CCCCC3)S2)(c2ccccc2)c2ccc(OC)cc2)cc1. The second-order valence-electron chi connectivity index (χ2n) is 15.0. The summed E-state index contributed by atoms with van der Waals surface area (Å²) in [5.74, 6) is 1.52. The van der Waals surface area contributed by atoms with Gasteiger partial charge in [0.25, 0.3) is 5.91 Å². The van der Waals surface area contributed by atoms with Crippen molar-refractivity contribution in [3.63, 3.8) is 0 Å². The molecule has 1 spiro atoms. The molecule has 6 aromatic rings. The number of methoxy groups -OCH3 is 2. The predicted octanol–water partition coefficient (Wildman–Crippen LogP) is 9.47. The lowest BCUT2D eigenvalue weighted by atomic mass is 9.80. The minimum absolute atomic E-state index is 0.109. The molecule has 3 fully saturated rings. The van der Waals surface area contributed by atoms with Crippen LogP contribution in [-0.4, -0.2) is 69.8 Å². The topological polar surface area (TPSA) is 128 Å². The van der Waals surface area contributed by atoms with E-state index in [9.17, 15) is 4.79 Å². The second-order valence-corrected chi connectivity index (χ2v) is 18.4. The molecule has 0 bridgehead atoms. The second kappa shape index (κ2) is 17.4. The number of fused-ring (bicyclic) bond motifs is 1. The maximum atomic E-state index is 13.1. The highest BCUT2D eigenvalue weighted by atomic mass is 32.7. The molecule has 3 aliphatic rings.